The third kappa shape index (κ3) is 2.09. The van der Waals surface area contributed by atoms with Gasteiger partial charge in [-0.15, -0.1) is 0 Å². The summed E-state index contributed by atoms with van der Waals surface area (Å²) >= 11 is 0. The van der Waals surface area contributed by atoms with Crippen molar-refractivity contribution in [2.45, 2.75) is 20.2 Å². The van der Waals surface area contributed by atoms with Crippen molar-refractivity contribution in [2.24, 2.45) is 0 Å². The minimum Gasteiger partial charge on any atom is -0.481 e. The first kappa shape index (κ1) is 8.62. The maximum absolute atomic E-state index is 12.9. The Kier molecular flexibility index (Phi) is 1.94. The largest absolute Gasteiger partial charge is 0.481 e. The Balaban J connectivity index is 2.71. The second-order valence-electron chi connectivity index (χ2n) is 4.70. The van der Waals surface area contributed by atoms with Crippen molar-refractivity contribution in [3.05, 3.63) is 57.2 Å². The lowest BCUT2D eigenvalue weighted by molar-refractivity contribution is -0.136. The summed E-state index contributed by atoms with van der Waals surface area (Å²) in [6, 6.07) is 1.09. The highest BCUT2D eigenvalue weighted by molar-refractivity contribution is 5.93. The van der Waals surface area contributed by atoms with Gasteiger partial charge in [0.2, 0.25) is 5.43 Å². The number of hydrogen-bond acceptors (Lipinski definition) is 3. The number of hydrogen-bond donors (Lipinski definition) is 1. The fraction of sp³-hybridized carbons (Fsp3) is 0.176. The number of rotatable bonds is 2. The van der Waals surface area contributed by atoms with Crippen LogP contribution in [0.4, 0.5) is 0 Å². The van der Waals surface area contributed by atoms with Crippen LogP contribution < -0.4 is 5.43 Å². The monoisotopic (exact) mass is 287 g/mol. The summed E-state index contributed by atoms with van der Waals surface area (Å²) in [5.41, 5.74) is -0.323. The zero-order valence-electron chi connectivity index (χ0n) is 16.3. The van der Waals surface area contributed by atoms with E-state index in [1.54, 1.807) is 19.9 Å². The van der Waals surface area contributed by atoms with Gasteiger partial charge in [-0.05, 0) is 37.1 Å². The van der Waals surface area contributed by atoms with E-state index in [4.69, 9.17) is 11.3 Å². The molecule has 1 heterocycles. The number of benzene rings is 2. The van der Waals surface area contributed by atoms with Crippen molar-refractivity contribution in [1.82, 2.24) is 0 Å². The number of carboxylic acid groups (broad SMARTS) is 1. The summed E-state index contributed by atoms with van der Waals surface area (Å²) in [6.07, 6.45) is -3.07. The molecular formula is C17H14O4. The first-order valence-corrected chi connectivity index (χ1v) is 6.20. The van der Waals surface area contributed by atoms with E-state index in [0.717, 1.165) is 5.56 Å². The highest BCUT2D eigenvalue weighted by Crippen LogP contribution is 2.25. The lowest BCUT2D eigenvalue weighted by Crippen LogP contribution is -2.06. The number of fused-ring (bicyclic) bond motifs is 2. The van der Waals surface area contributed by atoms with Crippen molar-refractivity contribution < 1.29 is 21.2 Å². The van der Waals surface area contributed by atoms with E-state index in [0.29, 0.717) is 5.56 Å². The molecule has 0 aliphatic heterocycles. The summed E-state index contributed by atoms with van der Waals surface area (Å²) in [4.78, 5) is 24.3. The number of para-hydroxylation sites is 1. The highest BCUT2D eigenvalue weighted by Gasteiger charge is 2.14. The van der Waals surface area contributed by atoms with Crippen molar-refractivity contribution in [3.8, 4) is 0 Å². The third-order valence-electron chi connectivity index (χ3n) is 3.41. The molecule has 4 nitrogen and oxygen atoms in total. The van der Waals surface area contributed by atoms with Gasteiger partial charge in [0.15, 0.2) is 0 Å². The van der Waals surface area contributed by atoms with Crippen LogP contribution in [-0.4, -0.2) is 11.1 Å². The fourth-order valence-corrected chi connectivity index (χ4v) is 2.19. The SMILES string of the molecule is [2H]c1c([2H])c([2H])c2c(=O)c3ccc(C)c(C)c3oc2c1C([2H])([2H])C(=O)O. The second kappa shape index (κ2) is 4.74. The molecule has 1 aromatic heterocycles. The Morgan fingerprint density at radius 3 is 2.76 bits per heavy atom. The fourth-order valence-electron chi connectivity index (χ4n) is 2.19. The van der Waals surface area contributed by atoms with Crippen LogP contribution in [0.3, 0.4) is 0 Å². The topological polar surface area (TPSA) is 67.5 Å². The van der Waals surface area contributed by atoms with Crippen molar-refractivity contribution >= 4 is 27.9 Å². The van der Waals surface area contributed by atoms with Crippen LogP contribution in [0.25, 0.3) is 21.9 Å². The number of aliphatic carboxylic acids is 1. The summed E-state index contributed by atoms with van der Waals surface area (Å²) in [5, 5.41) is 8.98. The standard InChI is InChI=1S/C17H14O4/c1-9-6-7-13-15(20)12-5-3-4-11(8-14(18)19)17(12)21-16(13)10(9)2/h3-7H,8H2,1-2H3,(H,18,19)/i3D,4D,5D,8D2. The van der Waals surface area contributed by atoms with Gasteiger partial charge in [0.1, 0.15) is 11.2 Å². The van der Waals surface area contributed by atoms with E-state index in [1.807, 2.05) is 0 Å². The zero-order valence-corrected chi connectivity index (χ0v) is 11.3. The number of aryl methyl sites for hydroxylation is 2. The molecule has 2 aromatic carbocycles. The molecule has 1 N–H and O–H groups in total. The van der Waals surface area contributed by atoms with Crippen LogP contribution in [0.5, 0.6) is 0 Å². The molecule has 0 fully saturated rings. The molecule has 3 rings (SSSR count). The van der Waals surface area contributed by atoms with Gasteiger partial charge in [0.05, 0.1) is 21.3 Å². The molecule has 4 heteroatoms. The van der Waals surface area contributed by atoms with Gasteiger partial charge in [0, 0.05) is 8.30 Å². The molecule has 0 bridgehead atoms. The van der Waals surface area contributed by atoms with Crippen LogP contribution >= 0.6 is 0 Å². The van der Waals surface area contributed by atoms with E-state index >= 15 is 0 Å². The molecule has 0 saturated carbocycles. The molecule has 0 amide bonds. The molecule has 0 aliphatic rings. The van der Waals surface area contributed by atoms with Crippen LogP contribution in [0.15, 0.2) is 39.5 Å². The van der Waals surface area contributed by atoms with E-state index in [9.17, 15) is 14.7 Å². The van der Waals surface area contributed by atoms with E-state index in [2.05, 4.69) is 0 Å². The van der Waals surface area contributed by atoms with Crippen molar-refractivity contribution in [3.63, 3.8) is 0 Å². The molecule has 0 atom stereocenters. The van der Waals surface area contributed by atoms with E-state index in [1.165, 1.54) is 6.07 Å². The van der Waals surface area contributed by atoms with Crippen LogP contribution in [0, 0.1) is 13.8 Å². The van der Waals surface area contributed by atoms with Gasteiger partial charge in [-0.3, -0.25) is 9.59 Å². The summed E-state index contributed by atoms with van der Waals surface area (Å²) in [5.74, 6) is -1.88. The Morgan fingerprint density at radius 1 is 1.29 bits per heavy atom. The van der Waals surface area contributed by atoms with Crippen LogP contribution in [-0.2, 0) is 11.2 Å². The van der Waals surface area contributed by atoms with Gasteiger partial charge in [-0.2, -0.15) is 0 Å². The smallest absolute Gasteiger partial charge is 0.307 e. The van der Waals surface area contributed by atoms with Gasteiger partial charge < -0.3 is 9.52 Å². The summed E-state index contributed by atoms with van der Waals surface area (Å²) < 4.78 is 45.2. The third-order valence-corrected chi connectivity index (χ3v) is 3.41. The maximum Gasteiger partial charge on any atom is 0.307 e. The Hall–Kier alpha value is -2.62. The van der Waals surface area contributed by atoms with Gasteiger partial charge >= 0.3 is 5.97 Å². The molecular weight excluding hydrogens is 268 g/mol. The molecule has 106 valence electrons. The Bertz CT molecular complexity index is 1160. The Morgan fingerprint density at radius 2 is 2.05 bits per heavy atom. The molecule has 0 aliphatic carbocycles. The van der Waals surface area contributed by atoms with Gasteiger partial charge in [0.25, 0.3) is 0 Å². The normalized spacial score (nSPS) is 15.2. The van der Waals surface area contributed by atoms with Crippen LogP contribution in [0.1, 0.15) is 23.5 Å². The predicted molar refractivity (Wildman–Crippen MR) is 80.8 cm³/mol. The lowest BCUT2D eigenvalue weighted by Gasteiger charge is -2.08. The molecule has 0 saturated heterocycles. The van der Waals surface area contributed by atoms with Gasteiger partial charge in [-0.1, -0.05) is 18.2 Å². The number of carboxylic acids is 1. The predicted octanol–water partition coefficient (Wildman–Crippen LogP) is 3.19. The van der Waals surface area contributed by atoms with Crippen molar-refractivity contribution in [2.75, 3.05) is 0 Å². The van der Waals surface area contributed by atoms with Crippen LogP contribution in [0.2, 0.25) is 0 Å². The molecule has 21 heavy (non-hydrogen) atoms. The lowest BCUT2D eigenvalue weighted by atomic mass is 10.0. The van der Waals surface area contributed by atoms with Crippen molar-refractivity contribution in [1.29, 1.82) is 0 Å². The first-order chi connectivity index (χ1) is 12.0. The minimum absolute atomic E-state index is 0.140. The Labute approximate surface area is 127 Å². The molecule has 0 radical (unpaired) electrons. The van der Waals surface area contributed by atoms with E-state index in [-0.39, 0.29) is 11.0 Å². The minimum atomic E-state index is -3.07. The first-order valence-electron chi connectivity index (χ1n) is 8.70. The average molecular weight is 287 g/mol. The quantitative estimate of drug-likeness (QED) is 0.735. The zero-order chi connectivity index (χ0) is 19.5. The molecule has 3 aromatic rings. The van der Waals surface area contributed by atoms with E-state index < -0.39 is 52.4 Å². The summed E-state index contributed by atoms with van der Waals surface area (Å²) in [7, 11) is 0. The highest BCUT2D eigenvalue weighted by atomic mass is 16.4. The number of carbonyl (C=O) groups is 1. The second-order valence-corrected chi connectivity index (χ2v) is 4.70. The average Bonchev–Trinajstić information content (AvgIpc) is 2.56. The van der Waals surface area contributed by atoms with Gasteiger partial charge in [-0.25, -0.2) is 0 Å². The summed E-state index contributed by atoms with van der Waals surface area (Å²) in [6.45, 7) is 3.48. The molecule has 0 spiro atoms. The maximum atomic E-state index is 12.9. The molecule has 0 unspecified atom stereocenters.